The molecule has 0 heterocycles. The third-order valence-electron chi connectivity index (χ3n) is 2.46. The smallest absolute Gasteiger partial charge is 0.119 e. The number of hydrogen-bond acceptors (Lipinski definition) is 3. The van der Waals surface area contributed by atoms with Crippen molar-refractivity contribution >= 4 is 15.9 Å². The summed E-state index contributed by atoms with van der Waals surface area (Å²) >= 11 is 3.40. The van der Waals surface area contributed by atoms with Crippen LogP contribution in [0.5, 0.6) is 5.75 Å². The average molecular weight is 316 g/mol. The van der Waals surface area contributed by atoms with Gasteiger partial charge in [-0.1, -0.05) is 15.9 Å². The van der Waals surface area contributed by atoms with Crippen molar-refractivity contribution < 1.29 is 9.47 Å². The minimum atomic E-state index is 0.701. The van der Waals surface area contributed by atoms with Crippen LogP contribution in [0.4, 0.5) is 0 Å². The van der Waals surface area contributed by atoms with Crippen molar-refractivity contribution in [1.29, 1.82) is 0 Å². The summed E-state index contributed by atoms with van der Waals surface area (Å²) in [5, 5.41) is 3.35. The Kier molecular flexibility index (Phi) is 8.90. The van der Waals surface area contributed by atoms with E-state index in [0.717, 1.165) is 49.4 Å². The zero-order valence-electron chi connectivity index (χ0n) is 11.0. The molecule has 0 spiro atoms. The Hall–Kier alpha value is -0.580. The highest BCUT2D eigenvalue weighted by atomic mass is 79.9. The van der Waals surface area contributed by atoms with Gasteiger partial charge in [-0.3, -0.25) is 0 Å². The number of unbranched alkanes of at least 4 members (excludes halogenated alkanes) is 1. The van der Waals surface area contributed by atoms with Crippen LogP contribution in [0.3, 0.4) is 0 Å². The molecule has 0 radical (unpaired) electrons. The molecule has 1 N–H and O–H groups in total. The Morgan fingerprint density at radius 3 is 2.56 bits per heavy atom. The van der Waals surface area contributed by atoms with Gasteiger partial charge in [0, 0.05) is 24.2 Å². The number of hydrogen-bond donors (Lipinski definition) is 1. The molecule has 0 fully saturated rings. The van der Waals surface area contributed by atoms with Crippen LogP contribution in [-0.2, 0) is 4.74 Å². The summed E-state index contributed by atoms with van der Waals surface area (Å²) in [4.78, 5) is 0. The molecule has 102 valence electrons. The zero-order valence-corrected chi connectivity index (χ0v) is 12.5. The summed E-state index contributed by atoms with van der Waals surface area (Å²) in [7, 11) is 0. The van der Waals surface area contributed by atoms with Gasteiger partial charge in [0.25, 0.3) is 0 Å². The largest absolute Gasteiger partial charge is 0.492 e. The highest BCUT2D eigenvalue weighted by Gasteiger charge is 1.93. The van der Waals surface area contributed by atoms with Crippen LogP contribution in [-0.4, -0.2) is 32.9 Å². The molecule has 1 aromatic rings. The Morgan fingerprint density at radius 1 is 1.06 bits per heavy atom. The van der Waals surface area contributed by atoms with E-state index in [4.69, 9.17) is 9.47 Å². The van der Waals surface area contributed by atoms with Crippen molar-refractivity contribution in [2.75, 3.05) is 32.9 Å². The summed E-state index contributed by atoms with van der Waals surface area (Å²) in [5.74, 6) is 0.913. The molecule has 4 heteroatoms. The third-order valence-corrected chi connectivity index (χ3v) is 2.99. The van der Waals surface area contributed by atoms with Gasteiger partial charge in [-0.2, -0.15) is 0 Å². The van der Waals surface area contributed by atoms with Crippen LogP contribution < -0.4 is 10.1 Å². The number of benzene rings is 1. The molecule has 0 aliphatic rings. The van der Waals surface area contributed by atoms with E-state index in [1.807, 2.05) is 31.2 Å². The fraction of sp³-hybridized carbons (Fsp3) is 0.571. The molecular weight excluding hydrogens is 294 g/mol. The summed E-state index contributed by atoms with van der Waals surface area (Å²) in [6.07, 6.45) is 2.27. The summed E-state index contributed by atoms with van der Waals surface area (Å²) in [6, 6.07) is 7.89. The van der Waals surface area contributed by atoms with E-state index in [1.165, 1.54) is 0 Å². The molecule has 1 aromatic carbocycles. The summed E-state index contributed by atoms with van der Waals surface area (Å²) in [6.45, 7) is 6.31. The molecule has 0 atom stereocenters. The highest BCUT2D eigenvalue weighted by Crippen LogP contribution is 2.15. The van der Waals surface area contributed by atoms with Gasteiger partial charge in [-0.15, -0.1) is 0 Å². The first kappa shape index (κ1) is 15.5. The SMILES string of the molecule is CCOCCCCNCCOc1ccc(Br)cc1. The van der Waals surface area contributed by atoms with E-state index in [-0.39, 0.29) is 0 Å². The van der Waals surface area contributed by atoms with Gasteiger partial charge >= 0.3 is 0 Å². The van der Waals surface area contributed by atoms with Crippen LogP contribution in [0.2, 0.25) is 0 Å². The Labute approximate surface area is 118 Å². The minimum absolute atomic E-state index is 0.701. The normalized spacial score (nSPS) is 10.6. The topological polar surface area (TPSA) is 30.5 Å². The van der Waals surface area contributed by atoms with E-state index in [9.17, 15) is 0 Å². The van der Waals surface area contributed by atoms with E-state index in [0.29, 0.717) is 6.61 Å². The number of ether oxygens (including phenoxy) is 2. The van der Waals surface area contributed by atoms with Crippen molar-refractivity contribution in [3.05, 3.63) is 28.7 Å². The second-order valence-electron chi connectivity index (χ2n) is 3.96. The fourth-order valence-electron chi connectivity index (χ4n) is 1.50. The lowest BCUT2D eigenvalue weighted by atomic mass is 10.3. The molecule has 0 saturated heterocycles. The van der Waals surface area contributed by atoms with E-state index in [1.54, 1.807) is 0 Å². The second kappa shape index (κ2) is 10.4. The Balaban J connectivity index is 1.91. The maximum atomic E-state index is 5.60. The fourth-order valence-corrected chi connectivity index (χ4v) is 1.76. The van der Waals surface area contributed by atoms with Crippen molar-refractivity contribution in [2.24, 2.45) is 0 Å². The summed E-state index contributed by atoms with van der Waals surface area (Å²) < 4.78 is 11.9. The van der Waals surface area contributed by atoms with E-state index >= 15 is 0 Å². The summed E-state index contributed by atoms with van der Waals surface area (Å²) in [5.41, 5.74) is 0. The lowest BCUT2D eigenvalue weighted by molar-refractivity contribution is 0.143. The van der Waals surface area contributed by atoms with Gasteiger partial charge in [-0.25, -0.2) is 0 Å². The number of nitrogens with one attached hydrogen (secondary N) is 1. The maximum absolute atomic E-state index is 5.60. The second-order valence-corrected chi connectivity index (χ2v) is 4.87. The Morgan fingerprint density at radius 2 is 1.83 bits per heavy atom. The molecule has 0 bridgehead atoms. The molecule has 0 amide bonds. The first-order valence-electron chi connectivity index (χ1n) is 6.49. The standard InChI is InChI=1S/C14H22BrNO2/c1-2-17-11-4-3-9-16-10-12-18-14-7-5-13(15)6-8-14/h5-8,16H,2-4,9-12H2,1H3. The minimum Gasteiger partial charge on any atom is -0.492 e. The average Bonchev–Trinajstić information content (AvgIpc) is 2.39. The molecule has 0 aliphatic carbocycles. The van der Waals surface area contributed by atoms with Gasteiger partial charge < -0.3 is 14.8 Å². The molecule has 0 unspecified atom stereocenters. The molecule has 18 heavy (non-hydrogen) atoms. The molecule has 0 aliphatic heterocycles. The third kappa shape index (κ3) is 7.69. The molecule has 0 saturated carbocycles. The first-order chi connectivity index (χ1) is 8.83. The van der Waals surface area contributed by atoms with Crippen molar-refractivity contribution in [3.63, 3.8) is 0 Å². The number of rotatable bonds is 10. The van der Waals surface area contributed by atoms with Crippen LogP contribution in [0.1, 0.15) is 19.8 Å². The molecule has 1 rings (SSSR count). The van der Waals surface area contributed by atoms with Gasteiger partial charge in [0.05, 0.1) is 0 Å². The predicted octanol–water partition coefficient (Wildman–Crippen LogP) is 3.23. The molecular formula is C14H22BrNO2. The van der Waals surface area contributed by atoms with Crippen molar-refractivity contribution in [2.45, 2.75) is 19.8 Å². The highest BCUT2D eigenvalue weighted by molar-refractivity contribution is 9.10. The van der Waals surface area contributed by atoms with Gasteiger partial charge in [-0.05, 0) is 50.6 Å². The van der Waals surface area contributed by atoms with E-state index < -0.39 is 0 Å². The van der Waals surface area contributed by atoms with Crippen LogP contribution >= 0.6 is 15.9 Å². The molecule has 3 nitrogen and oxygen atoms in total. The van der Waals surface area contributed by atoms with Crippen molar-refractivity contribution in [1.82, 2.24) is 5.32 Å². The first-order valence-corrected chi connectivity index (χ1v) is 7.29. The quantitative estimate of drug-likeness (QED) is 0.672. The zero-order chi connectivity index (χ0) is 13.1. The van der Waals surface area contributed by atoms with Crippen LogP contribution in [0, 0.1) is 0 Å². The lowest BCUT2D eigenvalue weighted by Gasteiger charge is -2.07. The van der Waals surface area contributed by atoms with Crippen LogP contribution in [0.15, 0.2) is 28.7 Å². The monoisotopic (exact) mass is 315 g/mol. The van der Waals surface area contributed by atoms with Crippen molar-refractivity contribution in [3.8, 4) is 5.75 Å². The molecule has 0 aromatic heterocycles. The van der Waals surface area contributed by atoms with Gasteiger partial charge in [0.1, 0.15) is 12.4 Å². The van der Waals surface area contributed by atoms with Gasteiger partial charge in [0.15, 0.2) is 0 Å². The van der Waals surface area contributed by atoms with Gasteiger partial charge in [0.2, 0.25) is 0 Å². The Bertz CT molecular complexity index is 303. The maximum Gasteiger partial charge on any atom is 0.119 e. The predicted molar refractivity (Wildman–Crippen MR) is 78.2 cm³/mol. The lowest BCUT2D eigenvalue weighted by Crippen LogP contribution is -2.22. The van der Waals surface area contributed by atoms with Crippen LogP contribution in [0.25, 0.3) is 0 Å². The number of halogens is 1. The van der Waals surface area contributed by atoms with E-state index in [2.05, 4.69) is 21.2 Å².